The summed E-state index contributed by atoms with van der Waals surface area (Å²) in [6.07, 6.45) is 75.3. The van der Waals surface area contributed by atoms with Gasteiger partial charge in [0.25, 0.3) is 0 Å². The Bertz CT molecular complexity index is 2680. The summed E-state index contributed by atoms with van der Waals surface area (Å²) in [5.41, 5.74) is 19.9. The zero-order valence-corrected chi connectivity index (χ0v) is 77.2. The molecule has 4 aromatic carbocycles. The molecule has 2 nitrogen and oxygen atoms in total. The fourth-order valence-electron chi connectivity index (χ4n) is 20.3. The summed E-state index contributed by atoms with van der Waals surface area (Å²) in [4.78, 5) is 4.61. The Kier molecular flexibility index (Phi) is 50.1. The second-order valence-electron chi connectivity index (χ2n) is 33.3. The predicted molar refractivity (Wildman–Crippen MR) is 473 cm³/mol. The predicted octanol–water partition coefficient (Wildman–Crippen LogP) is 30.3. The van der Waals surface area contributed by atoms with Gasteiger partial charge in [-0.3, -0.25) is 4.90 Å². The van der Waals surface area contributed by atoms with Crippen molar-refractivity contribution in [3.05, 3.63) is 161 Å². The van der Waals surface area contributed by atoms with Gasteiger partial charge in [0, 0.05) is 36.9 Å². The third-order valence-corrected chi connectivity index (χ3v) is 42.5. The van der Waals surface area contributed by atoms with Gasteiger partial charge in [0.05, 0.1) is 50.9 Å². The van der Waals surface area contributed by atoms with Crippen LogP contribution in [-0.4, -0.2) is 84.0 Å². The van der Waals surface area contributed by atoms with Crippen LogP contribution in [0.25, 0.3) is 6.08 Å². The molecule has 0 heterocycles. The number of rotatable bonds is 20. The van der Waals surface area contributed by atoms with Crippen molar-refractivity contribution in [3.63, 3.8) is 0 Å². The SMILES string of the molecule is C1CCC([PH+](C2CCCCC2)C2CCCCC2)CC1.C1CCC([PH+](C2CCCCC2)C2CCCCC2)CC1.C1CCC([PH+](C2CCCCC2)C2CCCCC2)CC1.C=Cc1ccccc1CN(C)Cc1ccccc1.CC(C)=C[CH]=[Ru]([Cl])[Cl].CN(Cc1ccccc1)Cc1ccccc1[CH]=[Ru]([Cl])[Cl].[Cl][Cu]. The molecule has 0 spiro atoms. The monoisotopic (exact) mass is 1810 g/mol. The van der Waals surface area contributed by atoms with Gasteiger partial charge in [-0.25, -0.2) is 0 Å². The molecule has 598 valence electrons. The van der Waals surface area contributed by atoms with E-state index in [4.69, 9.17) is 38.8 Å². The molecule has 0 saturated heterocycles. The first-order valence-electron chi connectivity index (χ1n) is 42.7. The van der Waals surface area contributed by atoms with Gasteiger partial charge in [0.1, 0.15) is 0 Å². The van der Waals surface area contributed by atoms with Crippen LogP contribution in [0.5, 0.6) is 0 Å². The van der Waals surface area contributed by atoms with Crippen molar-refractivity contribution in [2.24, 2.45) is 0 Å². The van der Waals surface area contributed by atoms with Crippen molar-refractivity contribution in [3.8, 4) is 0 Å². The van der Waals surface area contributed by atoms with Gasteiger partial charge in [0.15, 0.2) is 0 Å². The van der Waals surface area contributed by atoms with E-state index in [0.29, 0.717) is 0 Å². The molecule has 0 N–H and O–H groups in total. The summed E-state index contributed by atoms with van der Waals surface area (Å²) in [7, 11) is 31.4. The van der Waals surface area contributed by atoms with Gasteiger partial charge in [-0.15, -0.1) is 0 Å². The first kappa shape index (κ1) is 92.7. The van der Waals surface area contributed by atoms with Crippen molar-refractivity contribution in [2.75, 3.05) is 14.1 Å². The van der Waals surface area contributed by atoms with Crippen molar-refractivity contribution in [2.45, 2.75) is 380 Å². The average molecular weight is 1820 g/mol. The summed E-state index contributed by atoms with van der Waals surface area (Å²) < 4.78 is 3.89. The van der Waals surface area contributed by atoms with Crippen molar-refractivity contribution < 1.29 is 42.1 Å². The Balaban J connectivity index is 0.000000178. The van der Waals surface area contributed by atoms with E-state index in [1.54, 1.807) is 289 Å². The van der Waals surface area contributed by atoms with Gasteiger partial charge >= 0.3 is 222 Å². The topological polar surface area (TPSA) is 6.48 Å². The van der Waals surface area contributed by atoms with Gasteiger partial charge in [0.2, 0.25) is 0 Å². The summed E-state index contributed by atoms with van der Waals surface area (Å²) in [6.45, 7) is 11.6. The normalized spacial score (nSPS) is 20.5. The van der Waals surface area contributed by atoms with Crippen LogP contribution in [0.2, 0.25) is 0 Å². The molecule has 0 amide bonds. The van der Waals surface area contributed by atoms with Crippen LogP contribution >= 0.6 is 72.6 Å². The third kappa shape index (κ3) is 36.5. The summed E-state index contributed by atoms with van der Waals surface area (Å²) in [5, 5.41) is 0. The van der Waals surface area contributed by atoms with E-state index < -0.39 is 27.0 Å². The second-order valence-corrected chi connectivity index (χ2v) is 55.2. The van der Waals surface area contributed by atoms with Crippen LogP contribution in [-0.2, 0) is 68.3 Å². The molecule has 9 aliphatic carbocycles. The van der Waals surface area contributed by atoms with Crippen molar-refractivity contribution >= 4 is 87.9 Å². The molecule has 13 rings (SSSR count). The van der Waals surface area contributed by atoms with Crippen LogP contribution in [0.3, 0.4) is 0 Å². The summed E-state index contributed by atoms with van der Waals surface area (Å²) in [6, 6.07) is 37.7. The molecule has 9 saturated carbocycles. The van der Waals surface area contributed by atoms with Crippen molar-refractivity contribution in [1.29, 1.82) is 0 Å². The molecule has 0 aliphatic heterocycles. The Morgan fingerprint density at radius 1 is 0.343 bits per heavy atom. The van der Waals surface area contributed by atoms with E-state index in [1.807, 2.05) is 47.4 Å². The minimum absolute atomic E-state index is 0.0465. The van der Waals surface area contributed by atoms with Gasteiger partial charge in [-0.1, -0.05) is 125 Å². The molecule has 4 aromatic rings. The molecular weight excluding hydrogens is 1670 g/mol. The molecule has 9 fully saturated rings. The quantitative estimate of drug-likeness (QED) is 0.0643. The molecule has 9 aliphatic rings. The third-order valence-electron chi connectivity index (χ3n) is 25.2. The Morgan fingerprint density at radius 2 is 0.571 bits per heavy atom. The Hall–Kier alpha value is 0.526. The van der Waals surface area contributed by atoms with E-state index in [1.165, 1.54) is 84.3 Å². The maximum absolute atomic E-state index is 5.99. The van der Waals surface area contributed by atoms with Crippen LogP contribution in [0.15, 0.2) is 127 Å². The van der Waals surface area contributed by atoms with E-state index in [9.17, 15) is 0 Å². The van der Waals surface area contributed by atoms with Crippen LogP contribution < -0.4 is 0 Å². The van der Waals surface area contributed by atoms with Gasteiger partial charge in [-0.2, -0.15) is 0 Å². The van der Waals surface area contributed by atoms with Gasteiger partial charge < -0.3 is 0 Å². The molecule has 0 atom stereocenters. The van der Waals surface area contributed by atoms with E-state index in [0.717, 1.165) is 31.7 Å². The first-order chi connectivity index (χ1) is 51.4. The molecule has 0 aromatic heterocycles. The number of nitrogens with zero attached hydrogens (tertiary/aromatic N) is 2. The van der Waals surface area contributed by atoms with Crippen molar-refractivity contribution in [1.82, 2.24) is 9.80 Å². The maximum atomic E-state index is 5.99. The van der Waals surface area contributed by atoms with Gasteiger partial charge in [-0.05, 0) is 255 Å². The van der Waals surface area contributed by atoms with Crippen LogP contribution in [0.4, 0.5) is 0 Å². The second kappa shape index (κ2) is 56.7. The fraction of sp³-hybridized carbons (Fsp3) is 0.674. The molecule has 0 radical (unpaired) electrons. The number of allylic oxidation sites excluding steroid dienone is 2. The Morgan fingerprint density at radius 3 is 0.790 bits per heavy atom. The Labute approximate surface area is 687 Å². The number of halogens is 5. The van der Waals surface area contributed by atoms with E-state index >= 15 is 0 Å². The fourth-order valence-corrected chi connectivity index (χ4v) is 39.2. The van der Waals surface area contributed by atoms with E-state index in [-0.39, 0.29) is 23.8 Å². The molecule has 0 unspecified atom stereocenters. The number of hydrogen-bond donors (Lipinski definition) is 0. The standard InChI is InChI=1S/3C18H33P.C17H19N.C16H17N.C5H8.5ClH.Cu.2Ru/c3*1-4-10-16(11-5-1)19(17-12-6-2-7-13-17)18-14-8-3-9-15-18;1-3-16-11-7-8-12-17(16)14-18(2)13-15-9-5-4-6-10-15;1-14-8-6-7-11-16(14)13-17(2)12-15-9-4-3-5-10-15;1-4-5(2)3;;;;;;;;/h3*16-18H,1-15H2;3-12H,1,13-14H2,2H3;1,3-11H,12-13H2,2H3;1,4H,2-3H3;5*1H;;;/q;;;;;;;;;;;+1;2*+2/p-2. The molecule has 13 heteroatoms. The molecule has 0 bridgehead atoms. The minimum atomic E-state index is -1.78. The average Bonchev–Trinajstić information content (AvgIpc) is 0.834. The number of hydrogen-bond acceptors (Lipinski definition) is 2. The zero-order valence-electron chi connectivity index (χ0n) is 66.0. The number of benzene rings is 4. The zero-order chi connectivity index (χ0) is 74.5. The van der Waals surface area contributed by atoms with Crippen LogP contribution in [0, 0.1) is 0 Å². The summed E-state index contributed by atoms with van der Waals surface area (Å²) >= 11 is 0.362. The summed E-state index contributed by atoms with van der Waals surface area (Å²) in [5.74, 6) is 0. The first-order valence-corrected chi connectivity index (χ1v) is 60.1. The van der Waals surface area contributed by atoms with E-state index in [2.05, 4.69) is 153 Å². The van der Waals surface area contributed by atoms with Crippen LogP contribution in [0.1, 0.15) is 336 Å². The molecule has 105 heavy (non-hydrogen) atoms. The molecular formula is C92H146Cl5CuN2P3Ru2+3.